The third kappa shape index (κ3) is 286. The Morgan fingerprint density at radius 3 is 0.933 bits per heavy atom. The van der Waals surface area contributed by atoms with Crippen molar-refractivity contribution >= 4 is 117 Å². The van der Waals surface area contributed by atoms with Gasteiger partial charge in [0.15, 0.2) is 0 Å². The average Bonchev–Trinajstić information content (AvgIpc) is 1.12. The molecule has 0 fully saturated rings. The van der Waals surface area contributed by atoms with Gasteiger partial charge in [-0.2, -0.15) is 7.82 Å². The van der Waals surface area contributed by atoms with Crippen LogP contribution < -0.4 is 33.9 Å². The van der Waals surface area contributed by atoms with E-state index in [1.165, 1.54) is 0 Å². The summed E-state index contributed by atoms with van der Waals surface area (Å²) >= 11 is 0. The molecule has 0 atom stereocenters. The predicted octanol–water partition coefficient (Wildman–Crippen LogP) is -9.93. The Morgan fingerprint density at radius 1 is 0.933 bits per heavy atom. The molecule has 0 unspecified atom stereocenters. The van der Waals surface area contributed by atoms with E-state index in [0.29, 0.717) is 0 Å². The normalized spacial score (nSPS) is 7.93. The predicted molar refractivity (Wildman–Crippen MR) is 34.2 cm³/mol. The maximum absolute atomic E-state index is 8.58. The van der Waals surface area contributed by atoms with Crippen molar-refractivity contribution in [2.45, 2.75) is 0 Å². The first kappa shape index (κ1) is 42.7. The van der Waals surface area contributed by atoms with Gasteiger partial charge in [-0.15, -0.1) is 0 Å². The second kappa shape index (κ2) is 20.3. The summed E-state index contributed by atoms with van der Waals surface area (Å²) in [6.07, 6.45) is 0. The van der Waals surface area contributed by atoms with E-state index in [-0.39, 0.29) is 126 Å². The Labute approximate surface area is 177 Å². The van der Waals surface area contributed by atoms with Crippen LogP contribution in [0, 0.1) is 0 Å². The molecule has 2 N–H and O–H groups in total. The van der Waals surface area contributed by atoms with Crippen LogP contribution in [0.4, 0.5) is 0 Å². The van der Waals surface area contributed by atoms with Crippen LogP contribution in [0.1, 0.15) is 0 Å². The van der Waals surface area contributed by atoms with E-state index in [9.17, 15) is 0 Å². The fourth-order valence-electron chi connectivity index (χ4n) is 0. The topological polar surface area (TPSA) is 210 Å². The zero-order valence-corrected chi connectivity index (χ0v) is 19.1. The zero-order valence-electron chi connectivity index (χ0n) is 7.41. The van der Waals surface area contributed by atoms with E-state index < -0.39 is 16.9 Å². The molecule has 0 aliphatic rings. The summed E-state index contributed by atoms with van der Waals surface area (Å²) < 4.78 is 8.55. The molecule has 0 aromatic carbocycles. The third-order valence-electron chi connectivity index (χ3n) is 0. The summed E-state index contributed by atoms with van der Waals surface area (Å²) in [5.41, 5.74) is 0. The molecule has 9 nitrogen and oxygen atoms in total. The van der Waals surface area contributed by atoms with Gasteiger partial charge in [0.25, 0.3) is 0 Å². The Bertz CT molecular complexity index is 122. The van der Waals surface area contributed by atoms with E-state index in [1.807, 2.05) is 0 Å². The Morgan fingerprint density at radius 2 is 0.933 bits per heavy atom. The number of phosphoric acid groups is 1. The van der Waals surface area contributed by atoms with Crippen molar-refractivity contribution in [3.05, 3.63) is 0 Å². The van der Waals surface area contributed by atoms with Crippen molar-refractivity contribution in [1.29, 1.82) is 0 Å². The first-order valence-corrected chi connectivity index (χ1v) is 4.64. The quantitative estimate of drug-likeness (QED) is 0.268. The van der Waals surface area contributed by atoms with Crippen molar-refractivity contribution < 1.29 is 63.4 Å². The standard InChI is InChI=1S/Al.Ca.H3O4P.O4Si.H2O.Sr.Zn/c;;2*1-5(2,3)4;;;/h;;(H3,1,2,3,4);;1H2;;/q+3;+2;;-4;;2*+2/p-3. The van der Waals surface area contributed by atoms with Gasteiger partial charge in [0, 0.05) is 0 Å². The van der Waals surface area contributed by atoms with E-state index in [0.717, 1.165) is 0 Å². The minimum absolute atomic E-state index is 0. The van der Waals surface area contributed by atoms with Crippen LogP contribution in [0.5, 0.6) is 0 Å². The van der Waals surface area contributed by atoms with Crippen molar-refractivity contribution in [2.24, 2.45) is 0 Å². The Kier molecular flexibility index (Phi) is 58.0. The molecule has 0 heterocycles. The Hall–Kier alpha value is 4.02. The van der Waals surface area contributed by atoms with Crippen molar-refractivity contribution in [2.75, 3.05) is 0 Å². The smallest absolute Gasteiger partial charge is 0.894 e. The summed E-state index contributed by atoms with van der Waals surface area (Å²) in [5, 5.41) is 0. The first-order chi connectivity index (χ1) is 4.00. The zero-order chi connectivity index (χ0) is 9.00. The fraction of sp³-hybridized carbons (Fsp3) is 0. The second-order valence-electron chi connectivity index (χ2n) is 0.947. The van der Waals surface area contributed by atoms with Crippen molar-refractivity contribution in [3.8, 4) is 0 Å². The monoisotopic (exact) mass is 424 g/mol. The van der Waals surface area contributed by atoms with Crippen molar-refractivity contribution in [3.63, 3.8) is 0 Å². The molecule has 0 saturated heterocycles. The molecule has 15 heteroatoms. The van der Waals surface area contributed by atoms with Crippen LogP contribution >= 0.6 is 7.82 Å². The minimum atomic E-state index is -5.61. The molecule has 0 amide bonds. The average molecular weight is 425 g/mol. The molecule has 0 saturated carbocycles. The van der Waals surface area contributed by atoms with E-state index in [4.69, 9.17) is 38.4 Å². The fourth-order valence-corrected chi connectivity index (χ4v) is 0. The van der Waals surface area contributed by atoms with Crippen LogP contribution in [0.3, 0.4) is 0 Å². The van der Waals surface area contributed by atoms with Crippen LogP contribution in [-0.2, 0) is 24.0 Å². The summed E-state index contributed by atoms with van der Waals surface area (Å²) in [7, 11) is -11.0. The summed E-state index contributed by atoms with van der Waals surface area (Å²) in [4.78, 5) is 60.0. The molecule has 0 rings (SSSR count). The maximum Gasteiger partial charge on any atom is 3.00 e. The summed E-state index contributed by atoms with van der Waals surface area (Å²) in [6, 6.07) is 0. The van der Waals surface area contributed by atoms with Gasteiger partial charge in [-0.05, 0) is 0 Å². The molecule has 0 aromatic heterocycles. The molecule has 0 bridgehead atoms. The summed E-state index contributed by atoms with van der Waals surface area (Å²) in [6.45, 7) is 0. The molecule has 0 aromatic rings. The van der Waals surface area contributed by atoms with Gasteiger partial charge in [-0.3, -0.25) is 0 Å². The van der Waals surface area contributed by atoms with Gasteiger partial charge in [-0.1, -0.05) is 0 Å². The molecule has 72 valence electrons. The SMILES string of the molecule is O.O=P([O-])([O-])[O-].[Al+3].[Ca+2].[O-][Si]([O-])([O-])[O-].[Sr+2].[Zn+2]. The molecular weight excluding hydrogens is 423 g/mol. The van der Waals surface area contributed by atoms with Gasteiger partial charge in [0.1, 0.15) is 0 Å². The maximum atomic E-state index is 8.58. The molecule has 0 radical (unpaired) electrons. The van der Waals surface area contributed by atoms with E-state index in [1.54, 1.807) is 0 Å². The number of hydrogen-bond donors (Lipinski definition) is 0. The van der Waals surface area contributed by atoms with Crippen molar-refractivity contribution in [1.82, 2.24) is 0 Å². The van der Waals surface area contributed by atoms with Gasteiger partial charge in [0.05, 0.1) is 0 Å². The second-order valence-corrected chi connectivity index (χ2v) is 2.84. The van der Waals surface area contributed by atoms with Crippen LogP contribution in [0.2, 0.25) is 0 Å². The first-order valence-electron chi connectivity index (χ1n) is 1.55. The third-order valence-corrected chi connectivity index (χ3v) is 0. The van der Waals surface area contributed by atoms with Crippen LogP contribution in [0.15, 0.2) is 0 Å². The minimum Gasteiger partial charge on any atom is -0.894 e. The molecule has 15 heavy (non-hydrogen) atoms. The van der Waals surface area contributed by atoms with E-state index >= 15 is 0 Å². The van der Waals surface area contributed by atoms with Gasteiger partial charge in [0.2, 0.25) is 0 Å². The van der Waals surface area contributed by atoms with Gasteiger partial charge < -0.3 is 53.0 Å². The van der Waals surface area contributed by atoms with Crippen LogP contribution in [0.25, 0.3) is 0 Å². The van der Waals surface area contributed by atoms with Gasteiger partial charge >= 0.3 is 120 Å². The summed E-state index contributed by atoms with van der Waals surface area (Å²) in [5.74, 6) is 0. The number of rotatable bonds is 0. The molecule has 0 aliphatic heterocycles. The van der Waals surface area contributed by atoms with Crippen LogP contribution in [-0.4, -0.2) is 115 Å². The largest absolute Gasteiger partial charge is 3.00 e. The van der Waals surface area contributed by atoms with E-state index in [2.05, 4.69) is 0 Å². The van der Waals surface area contributed by atoms with Gasteiger partial charge in [-0.25, -0.2) is 0 Å². The molecule has 0 aliphatic carbocycles. The molecule has 0 spiro atoms. The Balaban J connectivity index is -0.0000000128. The molecular formula is H2AlCaO9PSiSrZn+2. The number of hydrogen-bond acceptors (Lipinski definition) is 8.